The van der Waals surface area contributed by atoms with Crippen molar-refractivity contribution < 1.29 is 35.8 Å². The molecule has 2 aliphatic carbocycles. The second kappa shape index (κ2) is 10.1. The molecular weight excluding hydrogens is 494 g/mol. The molecule has 0 aliphatic heterocycles. The van der Waals surface area contributed by atoms with E-state index in [-0.39, 0.29) is 0 Å². The molecule has 176 valence electrons. The number of hydrogen-bond donors (Lipinski definition) is 0. The van der Waals surface area contributed by atoms with Gasteiger partial charge in [0.25, 0.3) is 0 Å². The Kier molecular flexibility index (Phi) is 7.42. The van der Waals surface area contributed by atoms with Crippen molar-refractivity contribution in [1.82, 2.24) is 0 Å². The predicted molar refractivity (Wildman–Crippen MR) is 101 cm³/mol. The lowest BCUT2D eigenvalue weighted by Crippen LogP contribution is -2.16. The number of halogens is 6. The van der Waals surface area contributed by atoms with Crippen LogP contribution < -0.4 is 0 Å². The van der Waals surface area contributed by atoms with E-state index in [4.69, 9.17) is 0 Å². The molecule has 0 N–H and O–H groups in total. The highest BCUT2D eigenvalue weighted by Crippen LogP contribution is 2.44. The largest absolute Gasteiger partial charge is 0.573 e. The Morgan fingerprint density at radius 1 is 0.611 bits per heavy atom. The van der Waals surface area contributed by atoms with Gasteiger partial charge in [0.2, 0.25) is 0 Å². The maximum absolute atomic E-state index is 13.1. The highest BCUT2D eigenvalue weighted by atomic mass is 19.4. The van der Waals surface area contributed by atoms with E-state index in [0.717, 1.165) is 12.2 Å². The van der Waals surface area contributed by atoms with Crippen LogP contribution in [0, 0.1) is 68.0 Å². The van der Waals surface area contributed by atoms with Gasteiger partial charge in [-0.3, -0.25) is 0 Å². The Balaban J connectivity index is 3.09. The lowest BCUT2D eigenvalue weighted by Gasteiger charge is -2.15. The zero-order valence-electron chi connectivity index (χ0n) is 17.1. The Labute approximate surface area is 197 Å². The number of nitriles is 6. The van der Waals surface area contributed by atoms with Gasteiger partial charge in [-0.15, -0.1) is 26.3 Å². The molecule has 0 saturated heterocycles. The maximum Gasteiger partial charge on any atom is 0.573 e. The SMILES string of the molecule is N#CC(C#N)=C1C2=C(/C=C/C(C#N)=C(/OC(F)(F)F)C(=C(C#N)C#N)C=C2)C(C#N)=C1OC(F)(F)F. The summed E-state index contributed by atoms with van der Waals surface area (Å²) in [5.41, 5.74) is -6.44. The van der Waals surface area contributed by atoms with Crippen LogP contribution in [0.4, 0.5) is 26.3 Å². The van der Waals surface area contributed by atoms with Crippen molar-refractivity contribution in [2.24, 2.45) is 0 Å². The fourth-order valence-corrected chi connectivity index (χ4v) is 2.98. The molecule has 0 radical (unpaired) electrons. The van der Waals surface area contributed by atoms with Gasteiger partial charge in [0.1, 0.15) is 53.1 Å². The van der Waals surface area contributed by atoms with Gasteiger partial charge in [0.15, 0.2) is 11.5 Å². The first-order chi connectivity index (χ1) is 16.8. The molecule has 0 aromatic heterocycles. The Bertz CT molecular complexity index is 1470. The summed E-state index contributed by atoms with van der Waals surface area (Å²) in [6.45, 7) is 0. The monoisotopic (exact) mass is 498 g/mol. The van der Waals surface area contributed by atoms with E-state index in [1.807, 2.05) is 0 Å². The van der Waals surface area contributed by atoms with E-state index in [1.54, 1.807) is 0 Å². The second-order valence-electron chi connectivity index (χ2n) is 6.25. The zero-order chi connectivity index (χ0) is 27.3. The van der Waals surface area contributed by atoms with Gasteiger partial charge < -0.3 is 9.47 Å². The topological polar surface area (TPSA) is 161 Å². The fraction of sp³-hybridized carbons (Fsp3) is 0.0909. The van der Waals surface area contributed by atoms with Crippen LogP contribution in [0.15, 0.2) is 80.4 Å². The van der Waals surface area contributed by atoms with Gasteiger partial charge in [0.05, 0.1) is 11.1 Å². The van der Waals surface area contributed by atoms with Crippen LogP contribution >= 0.6 is 0 Å². The van der Waals surface area contributed by atoms with E-state index < -0.39 is 68.8 Å². The first-order valence-corrected chi connectivity index (χ1v) is 8.86. The van der Waals surface area contributed by atoms with E-state index >= 15 is 0 Å². The van der Waals surface area contributed by atoms with E-state index in [9.17, 15) is 57.9 Å². The summed E-state index contributed by atoms with van der Waals surface area (Å²) in [6, 6.07) is 8.06. The van der Waals surface area contributed by atoms with Crippen LogP contribution in [0.3, 0.4) is 0 Å². The van der Waals surface area contributed by atoms with Gasteiger partial charge in [-0.1, -0.05) is 12.2 Å². The second-order valence-corrected chi connectivity index (χ2v) is 6.25. The smallest absolute Gasteiger partial charge is 0.404 e. The van der Waals surface area contributed by atoms with Crippen molar-refractivity contribution >= 4 is 0 Å². The van der Waals surface area contributed by atoms with Crippen LogP contribution in [-0.4, -0.2) is 12.7 Å². The molecule has 0 aromatic carbocycles. The maximum atomic E-state index is 13.1. The summed E-state index contributed by atoms with van der Waals surface area (Å²) in [5.74, 6) is -2.54. The Hall–Kier alpha value is -5.70. The van der Waals surface area contributed by atoms with Crippen molar-refractivity contribution in [3.8, 4) is 36.4 Å². The number of ether oxygens (including phenoxy) is 2. The van der Waals surface area contributed by atoms with E-state index in [2.05, 4.69) is 9.47 Å². The number of nitrogens with zero attached hydrogens (tertiary/aromatic N) is 6. The fourth-order valence-electron chi connectivity index (χ4n) is 2.98. The molecule has 0 spiro atoms. The lowest BCUT2D eigenvalue weighted by molar-refractivity contribution is -0.304. The summed E-state index contributed by atoms with van der Waals surface area (Å²) < 4.78 is 86.2. The van der Waals surface area contributed by atoms with E-state index in [0.29, 0.717) is 12.2 Å². The Morgan fingerprint density at radius 2 is 1.11 bits per heavy atom. The Morgan fingerprint density at radius 3 is 1.56 bits per heavy atom. The quantitative estimate of drug-likeness (QED) is 0.390. The molecule has 0 saturated carbocycles. The summed E-state index contributed by atoms with van der Waals surface area (Å²) >= 11 is 0. The minimum absolute atomic E-state index is 0.471. The third-order valence-electron chi connectivity index (χ3n) is 4.24. The average Bonchev–Trinajstić information content (AvgIpc) is 3.09. The number of alkyl halides is 6. The number of hydrogen-bond acceptors (Lipinski definition) is 8. The third-order valence-corrected chi connectivity index (χ3v) is 4.24. The average molecular weight is 498 g/mol. The minimum Gasteiger partial charge on any atom is -0.404 e. The minimum atomic E-state index is -5.41. The molecule has 2 aliphatic rings. The van der Waals surface area contributed by atoms with Gasteiger partial charge >= 0.3 is 12.7 Å². The number of rotatable bonds is 2. The zero-order valence-corrected chi connectivity index (χ0v) is 17.1. The lowest BCUT2D eigenvalue weighted by atomic mass is 9.98. The standard InChI is InChI=1S/C22H4F6N6O2/c23-21(24,25)35-19-11(5-29)1-2-15-16(4-3-14(19)12(6-30)7-31)18(13(8-32)9-33)20(17(15)10-34)36-22(26,27)28/h1-4H/b2-1+,4-3?,19-11-. The van der Waals surface area contributed by atoms with Crippen molar-refractivity contribution in [2.45, 2.75) is 12.7 Å². The highest BCUT2D eigenvalue weighted by Gasteiger charge is 2.41. The van der Waals surface area contributed by atoms with Gasteiger partial charge in [-0.25, -0.2) is 0 Å². The molecular formula is C22H4F6N6O2. The van der Waals surface area contributed by atoms with Crippen molar-refractivity contribution in [3.05, 3.63) is 80.4 Å². The van der Waals surface area contributed by atoms with Gasteiger partial charge in [-0.05, 0) is 17.7 Å². The van der Waals surface area contributed by atoms with Crippen LogP contribution in [0.2, 0.25) is 0 Å². The molecule has 0 amide bonds. The van der Waals surface area contributed by atoms with Crippen LogP contribution in [0.1, 0.15) is 0 Å². The molecule has 0 bridgehead atoms. The first kappa shape index (κ1) is 26.6. The first-order valence-electron chi connectivity index (χ1n) is 8.86. The molecule has 0 aromatic rings. The molecule has 0 unspecified atom stereocenters. The molecule has 14 heteroatoms. The molecule has 0 atom stereocenters. The molecule has 36 heavy (non-hydrogen) atoms. The van der Waals surface area contributed by atoms with Crippen molar-refractivity contribution in [2.75, 3.05) is 0 Å². The van der Waals surface area contributed by atoms with Gasteiger partial charge in [-0.2, -0.15) is 31.6 Å². The molecule has 0 heterocycles. The summed E-state index contributed by atoms with van der Waals surface area (Å²) in [7, 11) is 0. The predicted octanol–water partition coefficient (Wildman–Crippen LogP) is 4.74. The molecule has 2 rings (SSSR count). The van der Waals surface area contributed by atoms with E-state index in [1.165, 1.54) is 36.4 Å². The summed E-state index contributed by atoms with van der Waals surface area (Å²) in [6.07, 6.45) is -8.04. The molecule has 8 nitrogen and oxygen atoms in total. The van der Waals surface area contributed by atoms with Crippen molar-refractivity contribution in [3.63, 3.8) is 0 Å². The van der Waals surface area contributed by atoms with Crippen LogP contribution in [-0.2, 0) is 9.47 Å². The van der Waals surface area contributed by atoms with Gasteiger partial charge in [0, 0.05) is 11.1 Å². The number of allylic oxidation sites excluding steroid dienone is 10. The third kappa shape index (κ3) is 5.43. The highest BCUT2D eigenvalue weighted by molar-refractivity contribution is 5.77. The normalized spacial score (nSPS) is 18.1. The molecule has 0 fully saturated rings. The summed E-state index contributed by atoms with van der Waals surface area (Å²) in [4.78, 5) is 0. The summed E-state index contributed by atoms with van der Waals surface area (Å²) in [5, 5.41) is 55.9. The van der Waals surface area contributed by atoms with Crippen LogP contribution in [0.5, 0.6) is 0 Å². The van der Waals surface area contributed by atoms with Crippen molar-refractivity contribution in [1.29, 1.82) is 31.6 Å². The van der Waals surface area contributed by atoms with Crippen LogP contribution in [0.25, 0.3) is 0 Å².